The molecule has 0 aromatic rings. The van der Waals surface area contributed by atoms with Crippen LogP contribution in [-0.2, 0) is 4.79 Å². The summed E-state index contributed by atoms with van der Waals surface area (Å²) in [6, 6.07) is 0.290. The molecule has 2 N–H and O–H groups in total. The van der Waals surface area contributed by atoms with Crippen molar-refractivity contribution in [3.05, 3.63) is 0 Å². The molecule has 0 radical (unpaired) electrons. The summed E-state index contributed by atoms with van der Waals surface area (Å²) in [5.74, 6) is 1.68. The average Bonchev–Trinajstić information content (AvgIpc) is 2.97. The number of carbonyl (C=O) groups is 1. The van der Waals surface area contributed by atoms with Gasteiger partial charge in [-0.25, -0.2) is 0 Å². The highest BCUT2D eigenvalue weighted by molar-refractivity contribution is 5.81. The number of rotatable bonds is 4. The van der Waals surface area contributed by atoms with Crippen LogP contribution in [-0.4, -0.2) is 11.8 Å². The monoisotopic (exact) mass is 195 g/mol. The van der Waals surface area contributed by atoms with Crippen LogP contribution in [0.3, 0.4) is 0 Å². The van der Waals surface area contributed by atoms with Crippen LogP contribution in [0.15, 0.2) is 0 Å². The van der Waals surface area contributed by atoms with E-state index in [4.69, 9.17) is 5.73 Å². The van der Waals surface area contributed by atoms with Crippen LogP contribution in [0.2, 0.25) is 0 Å². The first kappa shape index (κ1) is 10.2. The Kier molecular flexibility index (Phi) is 3.22. The van der Waals surface area contributed by atoms with Gasteiger partial charge in [0.05, 0.1) is 0 Å². The normalized spacial score (nSPS) is 32.9. The van der Waals surface area contributed by atoms with E-state index in [0.29, 0.717) is 17.7 Å². The maximum Gasteiger partial charge on any atom is 0.136 e. The Morgan fingerprint density at radius 3 is 2.64 bits per heavy atom. The first-order chi connectivity index (χ1) is 6.75. The van der Waals surface area contributed by atoms with Crippen LogP contribution in [0.25, 0.3) is 0 Å². The predicted octanol–water partition coefficient (Wildman–Crippen LogP) is 2.26. The van der Waals surface area contributed by atoms with E-state index in [-0.39, 0.29) is 0 Å². The predicted molar refractivity (Wildman–Crippen MR) is 56.9 cm³/mol. The van der Waals surface area contributed by atoms with E-state index >= 15 is 0 Å². The smallest absolute Gasteiger partial charge is 0.136 e. The van der Waals surface area contributed by atoms with E-state index in [0.717, 1.165) is 44.4 Å². The quantitative estimate of drug-likeness (QED) is 0.747. The molecular weight excluding hydrogens is 174 g/mol. The Morgan fingerprint density at radius 1 is 1.21 bits per heavy atom. The second-order valence-electron chi connectivity index (χ2n) is 5.07. The van der Waals surface area contributed by atoms with Crippen molar-refractivity contribution in [3.63, 3.8) is 0 Å². The molecule has 2 unspecified atom stereocenters. The van der Waals surface area contributed by atoms with Crippen LogP contribution in [0.4, 0.5) is 0 Å². The molecule has 0 aliphatic heterocycles. The Morgan fingerprint density at radius 2 is 2.00 bits per heavy atom. The second kappa shape index (κ2) is 4.43. The molecule has 0 aromatic heterocycles. The van der Waals surface area contributed by atoms with E-state index in [2.05, 4.69) is 0 Å². The van der Waals surface area contributed by atoms with Gasteiger partial charge in [0.15, 0.2) is 0 Å². The Hall–Kier alpha value is -0.370. The molecule has 2 fully saturated rings. The van der Waals surface area contributed by atoms with E-state index < -0.39 is 0 Å². The Labute approximate surface area is 86.2 Å². The van der Waals surface area contributed by atoms with Crippen molar-refractivity contribution in [1.29, 1.82) is 0 Å². The molecule has 2 rings (SSSR count). The summed E-state index contributed by atoms with van der Waals surface area (Å²) in [5, 5.41) is 0. The van der Waals surface area contributed by atoms with Crippen LogP contribution >= 0.6 is 0 Å². The van der Waals surface area contributed by atoms with Gasteiger partial charge in [-0.2, -0.15) is 0 Å². The van der Waals surface area contributed by atoms with E-state index in [9.17, 15) is 4.79 Å². The van der Waals surface area contributed by atoms with Crippen molar-refractivity contribution < 1.29 is 4.79 Å². The highest BCUT2D eigenvalue weighted by Crippen LogP contribution is 2.34. The largest absolute Gasteiger partial charge is 0.328 e. The minimum atomic E-state index is 0.290. The lowest BCUT2D eigenvalue weighted by Gasteiger charge is -2.25. The molecule has 0 aromatic carbocycles. The van der Waals surface area contributed by atoms with E-state index in [1.165, 1.54) is 12.8 Å². The molecular formula is C12H21NO. The van der Waals surface area contributed by atoms with Gasteiger partial charge in [0.25, 0.3) is 0 Å². The summed E-state index contributed by atoms with van der Waals surface area (Å²) in [5.41, 5.74) is 5.88. The first-order valence-electron chi connectivity index (χ1n) is 6.04. The van der Waals surface area contributed by atoms with Crippen molar-refractivity contribution in [3.8, 4) is 0 Å². The van der Waals surface area contributed by atoms with Gasteiger partial charge in [0, 0.05) is 18.4 Å². The highest BCUT2D eigenvalue weighted by atomic mass is 16.1. The summed E-state index contributed by atoms with van der Waals surface area (Å²) in [6.45, 7) is 0. The molecule has 2 saturated carbocycles. The lowest BCUT2D eigenvalue weighted by Crippen LogP contribution is -2.31. The Balaban J connectivity index is 1.71. The molecule has 0 heterocycles. The van der Waals surface area contributed by atoms with Crippen molar-refractivity contribution in [2.24, 2.45) is 17.6 Å². The third-order valence-corrected chi connectivity index (χ3v) is 3.67. The number of carbonyl (C=O) groups excluding carboxylic acids is 1. The zero-order valence-corrected chi connectivity index (χ0v) is 8.87. The number of ketones is 1. The fourth-order valence-electron chi connectivity index (χ4n) is 2.48. The zero-order valence-electron chi connectivity index (χ0n) is 8.87. The minimum Gasteiger partial charge on any atom is -0.328 e. The van der Waals surface area contributed by atoms with Crippen molar-refractivity contribution in [2.75, 3.05) is 0 Å². The third kappa shape index (κ3) is 2.81. The lowest BCUT2D eigenvalue weighted by atomic mass is 9.82. The van der Waals surface area contributed by atoms with Gasteiger partial charge in [-0.3, -0.25) is 4.79 Å². The van der Waals surface area contributed by atoms with Gasteiger partial charge in [0.2, 0.25) is 0 Å². The van der Waals surface area contributed by atoms with Crippen molar-refractivity contribution >= 4 is 5.78 Å². The van der Waals surface area contributed by atoms with Crippen LogP contribution in [0.1, 0.15) is 51.4 Å². The summed E-state index contributed by atoms with van der Waals surface area (Å²) in [4.78, 5) is 11.8. The zero-order chi connectivity index (χ0) is 9.97. The topological polar surface area (TPSA) is 43.1 Å². The number of hydrogen-bond donors (Lipinski definition) is 1. The molecule has 0 amide bonds. The summed E-state index contributed by atoms with van der Waals surface area (Å²) < 4.78 is 0. The van der Waals surface area contributed by atoms with Crippen molar-refractivity contribution in [1.82, 2.24) is 0 Å². The van der Waals surface area contributed by atoms with Crippen LogP contribution in [0, 0.1) is 11.8 Å². The second-order valence-corrected chi connectivity index (χ2v) is 5.07. The first-order valence-corrected chi connectivity index (χ1v) is 6.04. The standard InChI is InChI=1S/C12H21NO/c13-11-3-1-2-10(8-11)12(14)7-6-9-4-5-9/h9-11H,1-8,13H2. The maximum absolute atomic E-state index is 11.8. The fraction of sp³-hybridized carbons (Fsp3) is 0.917. The molecule has 2 nitrogen and oxygen atoms in total. The van der Waals surface area contributed by atoms with Gasteiger partial charge >= 0.3 is 0 Å². The molecule has 2 aliphatic rings. The summed E-state index contributed by atoms with van der Waals surface area (Å²) in [6.07, 6.45) is 9.00. The van der Waals surface area contributed by atoms with E-state index in [1.807, 2.05) is 0 Å². The maximum atomic E-state index is 11.8. The van der Waals surface area contributed by atoms with Crippen LogP contribution < -0.4 is 5.73 Å². The number of hydrogen-bond acceptors (Lipinski definition) is 2. The van der Waals surface area contributed by atoms with Crippen molar-refractivity contribution in [2.45, 2.75) is 57.4 Å². The fourth-order valence-corrected chi connectivity index (χ4v) is 2.48. The Bertz CT molecular complexity index is 210. The minimum absolute atomic E-state index is 0.290. The summed E-state index contributed by atoms with van der Waals surface area (Å²) >= 11 is 0. The molecule has 2 atom stereocenters. The van der Waals surface area contributed by atoms with Gasteiger partial charge < -0.3 is 5.73 Å². The molecule has 0 spiro atoms. The third-order valence-electron chi connectivity index (χ3n) is 3.67. The molecule has 80 valence electrons. The van der Waals surface area contributed by atoms with E-state index in [1.54, 1.807) is 0 Å². The molecule has 2 heteroatoms. The number of nitrogens with two attached hydrogens (primary N) is 1. The van der Waals surface area contributed by atoms with Gasteiger partial charge in [-0.1, -0.05) is 19.3 Å². The highest BCUT2D eigenvalue weighted by Gasteiger charge is 2.27. The van der Waals surface area contributed by atoms with Crippen LogP contribution in [0.5, 0.6) is 0 Å². The average molecular weight is 195 g/mol. The molecule has 0 bridgehead atoms. The SMILES string of the molecule is NC1CCCC(C(=O)CCC2CC2)C1. The van der Waals surface area contributed by atoms with Gasteiger partial charge in [-0.05, 0) is 31.6 Å². The molecule has 2 aliphatic carbocycles. The van der Waals surface area contributed by atoms with Gasteiger partial charge in [0.1, 0.15) is 5.78 Å². The summed E-state index contributed by atoms with van der Waals surface area (Å²) in [7, 11) is 0. The molecule has 0 saturated heterocycles. The lowest BCUT2D eigenvalue weighted by molar-refractivity contribution is -0.124. The molecule has 14 heavy (non-hydrogen) atoms. The van der Waals surface area contributed by atoms with Gasteiger partial charge in [-0.15, -0.1) is 0 Å². The number of Topliss-reactive ketones (excluding diaryl/α,β-unsaturated/α-hetero) is 1.